The highest BCUT2D eigenvalue weighted by molar-refractivity contribution is 9.11. The van der Waals surface area contributed by atoms with Gasteiger partial charge in [0.05, 0.1) is 5.52 Å². The van der Waals surface area contributed by atoms with E-state index in [-0.39, 0.29) is 5.28 Å². The van der Waals surface area contributed by atoms with Gasteiger partial charge in [-0.2, -0.15) is 0 Å². The Balaban J connectivity index is 2.86. The molecule has 1 heterocycles. The zero-order valence-corrected chi connectivity index (χ0v) is 10.2. The van der Waals surface area contributed by atoms with Crippen LogP contribution in [0.1, 0.15) is 0 Å². The average molecular weight is 322 g/mol. The van der Waals surface area contributed by atoms with Crippen molar-refractivity contribution in [2.24, 2.45) is 0 Å². The largest absolute Gasteiger partial charge is 0.226 e. The molecular formula is C8H3Br2ClN2. The maximum absolute atomic E-state index is 5.67. The fourth-order valence-electron chi connectivity index (χ4n) is 1.04. The second-order valence-electron chi connectivity index (χ2n) is 2.46. The number of fused-ring (bicyclic) bond motifs is 1. The molecule has 0 unspecified atom stereocenters. The minimum atomic E-state index is 0.262. The molecule has 0 aliphatic heterocycles. The Bertz CT molecular complexity index is 468. The van der Waals surface area contributed by atoms with Crippen molar-refractivity contribution in [3.63, 3.8) is 0 Å². The second kappa shape index (κ2) is 3.52. The predicted octanol–water partition coefficient (Wildman–Crippen LogP) is 3.81. The number of benzene rings is 1. The lowest BCUT2D eigenvalue weighted by Gasteiger charge is -2.00. The van der Waals surface area contributed by atoms with Crippen molar-refractivity contribution in [3.8, 4) is 0 Å². The van der Waals surface area contributed by atoms with Crippen molar-refractivity contribution >= 4 is 54.4 Å². The Labute approximate surface area is 96.6 Å². The van der Waals surface area contributed by atoms with Gasteiger partial charge < -0.3 is 0 Å². The molecule has 0 N–H and O–H groups in total. The number of aromatic nitrogens is 2. The molecule has 0 amide bonds. The van der Waals surface area contributed by atoms with E-state index in [4.69, 9.17) is 11.6 Å². The Morgan fingerprint density at radius 3 is 2.77 bits per heavy atom. The molecule has 0 saturated carbocycles. The first kappa shape index (κ1) is 9.37. The first-order valence-electron chi connectivity index (χ1n) is 3.44. The van der Waals surface area contributed by atoms with Gasteiger partial charge in [0.15, 0.2) is 0 Å². The average Bonchev–Trinajstić information content (AvgIpc) is 2.02. The first-order valence-corrected chi connectivity index (χ1v) is 5.40. The summed E-state index contributed by atoms with van der Waals surface area (Å²) < 4.78 is 1.91. The van der Waals surface area contributed by atoms with Gasteiger partial charge in [-0.25, -0.2) is 9.97 Å². The molecule has 0 bridgehead atoms. The van der Waals surface area contributed by atoms with Crippen LogP contribution in [-0.2, 0) is 0 Å². The Hall–Kier alpha value is -0.190. The Morgan fingerprint density at radius 1 is 1.23 bits per heavy atom. The van der Waals surface area contributed by atoms with Gasteiger partial charge in [0.1, 0.15) is 0 Å². The molecule has 66 valence electrons. The highest BCUT2D eigenvalue weighted by Gasteiger charge is 2.02. The van der Waals surface area contributed by atoms with Gasteiger partial charge in [0, 0.05) is 20.5 Å². The lowest BCUT2D eigenvalue weighted by Crippen LogP contribution is -1.84. The van der Waals surface area contributed by atoms with Crippen molar-refractivity contribution in [2.45, 2.75) is 0 Å². The number of halogens is 3. The van der Waals surface area contributed by atoms with Crippen LogP contribution in [0.5, 0.6) is 0 Å². The predicted molar refractivity (Wildman–Crippen MR) is 59.9 cm³/mol. The van der Waals surface area contributed by atoms with E-state index in [0.29, 0.717) is 0 Å². The summed E-state index contributed by atoms with van der Waals surface area (Å²) in [5.74, 6) is 0. The fraction of sp³-hybridized carbons (Fsp3) is 0. The third-order valence-corrected chi connectivity index (χ3v) is 2.88. The smallest absolute Gasteiger partial charge is 0.222 e. The van der Waals surface area contributed by atoms with E-state index in [0.717, 1.165) is 19.8 Å². The maximum atomic E-state index is 5.67. The van der Waals surface area contributed by atoms with Crippen LogP contribution in [0.3, 0.4) is 0 Å². The van der Waals surface area contributed by atoms with E-state index < -0.39 is 0 Å². The van der Waals surface area contributed by atoms with Crippen LogP contribution in [0.15, 0.2) is 27.3 Å². The Kier molecular flexibility index (Phi) is 2.53. The molecule has 0 aliphatic rings. The number of hydrogen-bond acceptors (Lipinski definition) is 2. The third kappa shape index (κ3) is 1.85. The van der Waals surface area contributed by atoms with Gasteiger partial charge >= 0.3 is 0 Å². The van der Waals surface area contributed by atoms with E-state index in [1.807, 2.05) is 12.1 Å². The zero-order valence-electron chi connectivity index (χ0n) is 6.26. The van der Waals surface area contributed by atoms with Gasteiger partial charge in [-0.15, -0.1) is 0 Å². The highest BCUT2D eigenvalue weighted by Crippen LogP contribution is 2.27. The van der Waals surface area contributed by atoms with Crippen LogP contribution < -0.4 is 0 Å². The quantitative estimate of drug-likeness (QED) is 0.689. The van der Waals surface area contributed by atoms with Crippen molar-refractivity contribution in [1.29, 1.82) is 0 Å². The van der Waals surface area contributed by atoms with E-state index in [1.165, 1.54) is 0 Å². The molecule has 2 rings (SSSR count). The molecule has 0 saturated heterocycles. The van der Waals surface area contributed by atoms with E-state index in [9.17, 15) is 0 Å². The standard InChI is InChI=1S/C8H3Br2ClN2/c9-4-1-6(10)5-3-12-8(11)13-7(5)2-4/h1-3H. The summed E-state index contributed by atoms with van der Waals surface area (Å²) in [7, 11) is 0. The van der Waals surface area contributed by atoms with Gasteiger partial charge in [-0.3, -0.25) is 0 Å². The van der Waals surface area contributed by atoms with Crippen molar-refractivity contribution < 1.29 is 0 Å². The molecule has 0 fully saturated rings. The normalized spacial score (nSPS) is 10.7. The van der Waals surface area contributed by atoms with Crippen LogP contribution in [0.2, 0.25) is 5.28 Å². The van der Waals surface area contributed by atoms with Crippen LogP contribution in [-0.4, -0.2) is 9.97 Å². The molecule has 1 aromatic carbocycles. The molecular weight excluding hydrogens is 319 g/mol. The molecule has 0 radical (unpaired) electrons. The highest BCUT2D eigenvalue weighted by atomic mass is 79.9. The summed E-state index contributed by atoms with van der Waals surface area (Å²) in [6.07, 6.45) is 1.70. The summed E-state index contributed by atoms with van der Waals surface area (Å²) >= 11 is 12.5. The monoisotopic (exact) mass is 320 g/mol. The minimum Gasteiger partial charge on any atom is -0.226 e. The van der Waals surface area contributed by atoms with Crippen LogP contribution >= 0.6 is 43.5 Å². The van der Waals surface area contributed by atoms with E-state index in [1.54, 1.807) is 6.20 Å². The summed E-state index contributed by atoms with van der Waals surface area (Å²) in [6.45, 7) is 0. The summed E-state index contributed by atoms with van der Waals surface area (Å²) in [5, 5.41) is 1.21. The number of hydrogen-bond donors (Lipinski definition) is 0. The zero-order chi connectivity index (χ0) is 9.42. The fourth-order valence-corrected chi connectivity index (χ4v) is 2.48. The lowest BCUT2D eigenvalue weighted by atomic mass is 10.2. The number of rotatable bonds is 0. The van der Waals surface area contributed by atoms with E-state index >= 15 is 0 Å². The maximum Gasteiger partial charge on any atom is 0.222 e. The SMILES string of the molecule is Clc1ncc2c(Br)cc(Br)cc2n1. The topological polar surface area (TPSA) is 25.8 Å². The minimum absolute atomic E-state index is 0.262. The molecule has 13 heavy (non-hydrogen) atoms. The van der Waals surface area contributed by atoms with Crippen molar-refractivity contribution in [3.05, 3.63) is 32.6 Å². The molecule has 0 spiro atoms. The lowest BCUT2D eigenvalue weighted by molar-refractivity contribution is 1.22. The summed E-state index contributed by atoms with van der Waals surface area (Å²) in [4.78, 5) is 8.00. The second-order valence-corrected chi connectivity index (χ2v) is 4.57. The van der Waals surface area contributed by atoms with Gasteiger partial charge in [0.25, 0.3) is 0 Å². The molecule has 0 atom stereocenters. The van der Waals surface area contributed by atoms with Crippen LogP contribution in [0.25, 0.3) is 10.9 Å². The number of nitrogens with zero attached hydrogens (tertiary/aromatic N) is 2. The molecule has 5 heteroatoms. The van der Waals surface area contributed by atoms with Gasteiger partial charge in [-0.05, 0) is 39.7 Å². The Morgan fingerprint density at radius 2 is 2.00 bits per heavy atom. The van der Waals surface area contributed by atoms with E-state index in [2.05, 4.69) is 41.8 Å². The first-order chi connectivity index (χ1) is 6.16. The molecule has 2 nitrogen and oxygen atoms in total. The van der Waals surface area contributed by atoms with Gasteiger partial charge in [0.2, 0.25) is 5.28 Å². The van der Waals surface area contributed by atoms with Crippen LogP contribution in [0.4, 0.5) is 0 Å². The van der Waals surface area contributed by atoms with Crippen molar-refractivity contribution in [2.75, 3.05) is 0 Å². The van der Waals surface area contributed by atoms with Gasteiger partial charge in [-0.1, -0.05) is 15.9 Å². The molecule has 2 aromatic rings. The van der Waals surface area contributed by atoms with Crippen molar-refractivity contribution in [1.82, 2.24) is 9.97 Å². The molecule has 1 aromatic heterocycles. The third-order valence-electron chi connectivity index (χ3n) is 1.59. The van der Waals surface area contributed by atoms with Crippen LogP contribution in [0, 0.1) is 0 Å². The summed E-state index contributed by atoms with van der Waals surface area (Å²) in [6, 6.07) is 3.84. The summed E-state index contributed by atoms with van der Waals surface area (Å²) in [5.41, 5.74) is 0.821. The molecule has 0 aliphatic carbocycles.